The summed E-state index contributed by atoms with van der Waals surface area (Å²) >= 11 is 0. The molecule has 0 bridgehead atoms. The molecule has 1 atom stereocenters. The van der Waals surface area contributed by atoms with E-state index in [0.717, 1.165) is 5.56 Å². The summed E-state index contributed by atoms with van der Waals surface area (Å²) in [6, 6.07) is 19.5. The number of anilines is 1. The first-order chi connectivity index (χ1) is 15.0. The molecule has 1 fully saturated rings. The molecule has 31 heavy (non-hydrogen) atoms. The van der Waals surface area contributed by atoms with Gasteiger partial charge in [-0.1, -0.05) is 30.3 Å². The summed E-state index contributed by atoms with van der Waals surface area (Å²) < 4.78 is 29.4. The molecule has 4 rings (SSSR count). The van der Waals surface area contributed by atoms with Crippen LogP contribution in [0.5, 0.6) is 11.5 Å². The lowest BCUT2D eigenvalue weighted by Crippen LogP contribution is -2.46. The second-order valence-corrected chi connectivity index (χ2v) is 9.60. The predicted molar refractivity (Wildman–Crippen MR) is 119 cm³/mol. The molecule has 160 valence electrons. The molecular formula is C23H23N3O4S. The SMILES string of the molecule is O=C(Nc1ccc(Oc2ccncc2)cc1)C(c1ccccc1)N1CCS(=O)(=O)CC1. The maximum atomic E-state index is 13.2. The monoisotopic (exact) mass is 437 g/mol. The molecule has 1 aliphatic heterocycles. The van der Waals surface area contributed by atoms with Gasteiger partial charge in [-0.25, -0.2) is 8.42 Å². The molecular weight excluding hydrogens is 414 g/mol. The van der Waals surface area contributed by atoms with Crippen molar-refractivity contribution in [2.24, 2.45) is 0 Å². The maximum absolute atomic E-state index is 13.2. The van der Waals surface area contributed by atoms with Gasteiger partial charge in [0.15, 0.2) is 9.84 Å². The number of pyridine rings is 1. The van der Waals surface area contributed by atoms with Crippen LogP contribution in [0, 0.1) is 0 Å². The number of carbonyl (C=O) groups is 1. The zero-order valence-electron chi connectivity index (χ0n) is 16.8. The molecule has 0 spiro atoms. The Hall–Kier alpha value is -3.23. The van der Waals surface area contributed by atoms with Gasteiger partial charge in [0.1, 0.15) is 17.5 Å². The van der Waals surface area contributed by atoms with E-state index in [1.165, 1.54) is 0 Å². The van der Waals surface area contributed by atoms with Gasteiger partial charge in [-0.15, -0.1) is 0 Å². The van der Waals surface area contributed by atoms with Gasteiger partial charge in [0.2, 0.25) is 5.91 Å². The van der Waals surface area contributed by atoms with Gasteiger partial charge in [0.25, 0.3) is 0 Å². The van der Waals surface area contributed by atoms with E-state index >= 15 is 0 Å². The summed E-state index contributed by atoms with van der Waals surface area (Å²) in [5, 5.41) is 2.95. The van der Waals surface area contributed by atoms with E-state index in [2.05, 4.69) is 10.3 Å². The van der Waals surface area contributed by atoms with Crippen molar-refractivity contribution in [3.8, 4) is 11.5 Å². The van der Waals surface area contributed by atoms with Crippen LogP contribution < -0.4 is 10.1 Å². The highest BCUT2D eigenvalue weighted by Gasteiger charge is 2.32. The second kappa shape index (κ2) is 9.28. The van der Waals surface area contributed by atoms with E-state index in [9.17, 15) is 13.2 Å². The standard InChI is InChI=1S/C23H23N3O4S/c27-23(25-19-6-8-20(9-7-19)30-21-10-12-24-13-11-21)22(18-4-2-1-3-5-18)26-14-16-31(28,29)17-15-26/h1-13,22H,14-17H2,(H,25,27). The Morgan fingerprint density at radius 3 is 2.16 bits per heavy atom. The number of sulfone groups is 1. The number of ether oxygens (including phenoxy) is 1. The molecule has 1 aromatic heterocycles. The van der Waals surface area contributed by atoms with Gasteiger partial charge in [-0.3, -0.25) is 14.7 Å². The first-order valence-electron chi connectivity index (χ1n) is 9.98. The number of rotatable bonds is 6. The molecule has 2 aromatic carbocycles. The number of benzene rings is 2. The summed E-state index contributed by atoms with van der Waals surface area (Å²) in [6.45, 7) is 0.655. The van der Waals surface area contributed by atoms with E-state index in [4.69, 9.17) is 4.74 Å². The highest BCUT2D eigenvalue weighted by Crippen LogP contribution is 2.26. The third-order valence-corrected chi connectivity index (χ3v) is 6.72. The van der Waals surface area contributed by atoms with Gasteiger partial charge < -0.3 is 10.1 Å². The van der Waals surface area contributed by atoms with Gasteiger partial charge in [-0.2, -0.15) is 0 Å². The Balaban J connectivity index is 1.48. The highest BCUT2D eigenvalue weighted by atomic mass is 32.2. The van der Waals surface area contributed by atoms with E-state index in [1.54, 1.807) is 48.8 Å². The van der Waals surface area contributed by atoms with E-state index in [0.29, 0.717) is 30.3 Å². The minimum Gasteiger partial charge on any atom is -0.457 e. The Kier molecular flexibility index (Phi) is 6.29. The lowest BCUT2D eigenvalue weighted by molar-refractivity contribution is -0.121. The Morgan fingerprint density at radius 2 is 1.52 bits per heavy atom. The molecule has 7 nitrogen and oxygen atoms in total. The number of carbonyl (C=O) groups excluding carboxylic acids is 1. The third-order valence-electron chi connectivity index (χ3n) is 5.12. The minimum absolute atomic E-state index is 0.0602. The Morgan fingerprint density at radius 1 is 0.903 bits per heavy atom. The number of nitrogens with zero attached hydrogens (tertiary/aromatic N) is 2. The molecule has 0 aliphatic carbocycles. The van der Waals surface area contributed by atoms with E-state index in [-0.39, 0.29) is 17.4 Å². The highest BCUT2D eigenvalue weighted by molar-refractivity contribution is 7.91. The van der Waals surface area contributed by atoms with Crippen molar-refractivity contribution >= 4 is 21.4 Å². The Bertz CT molecular complexity index is 1110. The van der Waals surface area contributed by atoms with Gasteiger partial charge in [0.05, 0.1) is 11.5 Å². The average molecular weight is 438 g/mol. The summed E-state index contributed by atoms with van der Waals surface area (Å²) in [6.07, 6.45) is 3.30. The van der Waals surface area contributed by atoms with Gasteiger partial charge in [0, 0.05) is 31.2 Å². The number of amides is 1. The molecule has 1 aliphatic rings. The van der Waals surface area contributed by atoms with Crippen molar-refractivity contribution in [1.29, 1.82) is 0 Å². The molecule has 1 amide bonds. The maximum Gasteiger partial charge on any atom is 0.246 e. The molecule has 0 radical (unpaired) electrons. The van der Waals surface area contributed by atoms with E-state index < -0.39 is 15.9 Å². The lowest BCUT2D eigenvalue weighted by Gasteiger charge is -2.33. The minimum atomic E-state index is -3.04. The van der Waals surface area contributed by atoms with Crippen LogP contribution in [0.4, 0.5) is 5.69 Å². The number of nitrogens with one attached hydrogen (secondary N) is 1. The fraction of sp³-hybridized carbons (Fsp3) is 0.217. The van der Waals surface area contributed by atoms with Crippen LogP contribution in [-0.2, 0) is 14.6 Å². The molecule has 1 N–H and O–H groups in total. The fourth-order valence-electron chi connectivity index (χ4n) is 3.51. The summed E-state index contributed by atoms with van der Waals surface area (Å²) in [5.41, 5.74) is 1.47. The zero-order chi connectivity index (χ0) is 21.7. The van der Waals surface area contributed by atoms with Crippen LogP contribution in [-0.4, -0.2) is 48.8 Å². The smallest absolute Gasteiger partial charge is 0.246 e. The number of hydrogen-bond donors (Lipinski definition) is 1. The van der Waals surface area contributed by atoms with Crippen LogP contribution in [0.25, 0.3) is 0 Å². The van der Waals surface area contributed by atoms with Crippen molar-refractivity contribution in [1.82, 2.24) is 9.88 Å². The molecule has 8 heteroatoms. The van der Waals surface area contributed by atoms with Crippen LogP contribution in [0.1, 0.15) is 11.6 Å². The van der Waals surface area contributed by atoms with Gasteiger partial charge in [-0.05, 0) is 42.0 Å². The first-order valence-corrected chi connectivity index (χ1v) is 11.8. The van der Waals surface area contributed by atoms with Crippen molar-refractivity contribution < 1.29 is 17.9 Å². The first kappa shape index (κ1) is 21.0. The summed E-state index contributed by atoms with van der Waals surface area (Å²) in [4.78, 5) is 19.1. The quantitative estimate of drug-likeness (QED) is 0.637. The largest absolute Gasteiger partial charge is 0.457 e. The topological polar surface area (TPSA) is 88.6 Å². The molecule has 0 saturated carbocycles. The van der Waals surface area contributed by atoms with E-state index in [1.807, 2.05) is 35.2 Å². The fourth-order valence-corrected chi connectivity index (χ4v) is 4.74. The molecule has 1 saturated heterocycles. The van der Waals surface area contributed by atoms with Crippen LogP contribution in [0.2, 0.25) is 0 Å². The summed E-state index contributed by atoms with van der Waals surface area (Å²) in [5.74, 6) is 1.24. The molecule has 1 unspecified atom stereocenters. The van der Waals surface area contributed by atoms with Crippen molar-refractivity contribution in [3.63, 3.8) is 0 Å². The van der Waals surface area contributed by atoms with Crippen molar-refractivity contribution in [2.75, 3.05) is 29.9 Å². The Labute approximate surface area is 181 Å². The normalized spacial score (nSPS) is 16.9. The lowest BCUT2D eigenvalue weighted by atomic mass is 10.0. The van der Waals surface area contributed by atoms with Crippen LogP contribution in [0.3, 0.4) is 0 Å². The second-order valence-electron chi connectivity index (χ2n) is 7.30. The predicted octanol–water partition coefficient (Wildman–Crippen LogP) is 3.28. The number of aromatic nitrogens is 1. The number of hydrogen-bond acceptors (Lipinski definition) is 6. The van der Waals surface area contributed by atoms with Gasteiger partial charge >= 0.3 is 0 Å². The van der Waals surface area contributed by atoms with Crippen LogP contribution >= 0.6 is 0 Å². The molecule has 3 aromatic rings. The average Bonchev–Trinajstić information content (AvgIpc) is 2.78. The van der Waals surface area contributed by atoms with Crippen LogP contribution in [0.15, 0.2) is 79.1 Å². The van der Waals surface area contributed by atoms with Crippen molar-refractivity contribution in [3.05, 3.63) is 84.7 Å². The van der Waals surface area contributed by atoms with Crippen molar-refractivity contribution in [2.45, 2.75) is 6.04 Å². The summed E-state index contributed by atoms with van der Waals surface area (Å²) in [7, 11) is -3.04. The third kappa shape index (κ3) is 5.48. The molecule has 2 heterocycles. The zero-order valence-corrected chi connectivity index (χ0v) is 17.7.